The van der Waals surface area contributed by atoms with Gasteiger partial charge in [0.2, 0.25) is 0 Å². The molecular weight excluding hydrogens is 198 g/mol. The molecule has 0 atom stereocenters. The minimum absolute atomic E-state index is 0.578. The maximum Gasteiger partial charge on any atom is 0.119 e. The molecule has 0 saturated carbocycles. The lowest BCUT2D eigenvalue weighted by molar-refractivity contribution is 0.306. The summed E-state index contributed by atoms with van der Waals surface area (Å²) in [6.45, 7) is 4.57. The summed E-state index contributed by atoms with van der Waals surface area (Å²) in [5.41, 5.74) is 3.21. The van der Waals surface area contributed by atoms with Crippen LogP contribution in [0.1, 0.15) is 17.0 Å². The predicted octanol–water partition coefficient (Wildman–Crippen LogP) is 3.08. The van der Waals surface area contributed by atoms with Crippen LogP contribution in [0, 0.1) is 19.9 Å². The summed E-state index contributed by atoms with van der Waals surface area (Å²) < 4.78 is 5.65. The number of hydrogen-bond donors (Lipinski definition) is 0. The first-order valence-electron chi connectivity index (χ1n) is 5.27. The molecule has 0 fully saturated rings. The largest absolute Gasteiger partial charge is 0.489 e. The fourth-order valence-electron chi connectivity index (χ4n) is 1.64. The lowest BCUT2D eigenvalue weighted by Crippen LogP contribution is -1.98. The van der Waals surface area contributed by atoms with E-state index in [-0.39, 0.29) is 0 Å². The van der Waals surface area contributed by atoms with Crippen molar-refractivity contribution in [3.63, 3.8) is 0 Å². The maximum atomic E-state index is 5.65. The Labute approximate surface area is 95.9 Å². The topological polar surface area (TPSA) is 22.1 Å². The normalized spacial score (nSPS) is 10.1. The predicted molar refractivity (Wildman–Crippen MR) is 63.3 cm³/mol. The van der Waals surface area contributed by atoms with E-state index in [9.17, 15) is 0 Å². The Morgan fingerprint density at radius 3 is 2.38 bits per heavy atom. The van der Waals surface area contributed by atoms with Crippen molar-refractivity contribution in [1.29, 1.82) is 0 Å². The van der Waals surface area contributed by atoms with Gasteiger partial charge in [-0.05, 0) is 49.7 Å². The third kappa shape index (κ3) is 2.83. The van der Waals surface area contributed by atoms with Crippen LogP contribution in [-0.4, -0.2) is 4.98 Å². The first-order valence-corrected chi connectivity index (χ1v) is 5.27. The van der Waals surface area contributed by atoms with Gasteiger partial charge in [-0.2, -0.15) is 0 Å². The van der Waals surface area contributed by atoms with Gasteiger partial charge in [-0.1, -0.05) is 12.1 Å². The molecule has 0 aliphatic heterocycles. The molecule has 0 aliphatic rings. The highest BCUT2D eigenvalue weighted by molar-refractivity contribution is 5.23. The van der Waals surface area contributed by atoms with Crippen LogP contribution in [-0.2, 0) is 6.61 Å². The number of rotatable bonds is 3. The fraction of sp³-hybridized carbons (Fsp3) is 0.214. The summed E-state index contributed by atoms with van der Waals surface area (Å²) in [5.74, 6) is 0.867. The second-order valence-electron chi connectivity index (χ2n) is 3.78. The van der Waals surface area contributed by atoms with Crippen LogP contribution in [0.2, 0.25) is 0 Å². The van der Waals surface area contributed by atoms with Crippen LogP contribution >= 0.6 is 0 Å². The minimum atomic E-state index is 0.578. The lowest BCUT2D eigenvalue weighted by atomic mass is 10.2. The summed E-state index contributed by atoms with van der Waals surface area (Å²) in [6, 6.07) is 14.5. The van der Waals surface area contributed by atoms with Crippen LogP contribution < -0.4 is 4.74 Å². The average molecular weight is 212 g/mol. The van der Waals surface area contributed by atoms with E-state index in [2.05, 4.69) is 11.1 Å². The number of aromatic nitrogens is 1. The molecule has 2 rings (SSSR count). The molecule has 16 heavy (non-hydrogen) atoms. The molecule has 0 bridgehead atoms. The molecular formula is C14H14NO. The Balaban J connectivity index is 2.05. The van der Waals surface area contributed by atoms with Crippen LogP contribution in [0.3, 0.4) is 0 Å². The van der Waals surface area contributed by atoms with Gasteiger partial charge >= 0.3 is 0 Å². The van der Waals surface area contributed by atoms with Crippen LogP contribution in [0.15, 0.2) is 36.4 Å². The zero-order valence-corrected chi connectivity index (χ0v) is 9.53. The standard InChI is InChI=1S/C14H14NO/c1-11-8-13(9-12(2)15-11)10-16-14-6-4-3-5-7-14/h4-9H,10H2,1-2H3. The van der Waals surface area contributed by atoms with E-state index in [1.54, 1.807) is 0 Å². The van der Waals surface area contributed by atoms with Crippen molar-refractivity contribution in [3.05, 3.63) is 59.4 Å². The van der Waals surface area contributed by atoms with Gasteiger partial charge in [0.25, 0.3) is 0 Å². The summed E-state index contributed by atoms with van der Waals surface area (Å²) in [6.07, 6.45) is 0. The van der Waals surface area contributed by atoms with Gasteiger partial charge in [0.15, 0.2) is 0 Å². The van der Waals surface area contributed by atoms with Gasteiger partial charge in [0, 0.05) is 11.4 Å². The second-order valence-corrected chi connectivity index (χ2v) is 3.78. The maximum absolute atomic E-state index is 5.65. The zero-order valence-electron chi connectivity index (χ0n) is 9.53. The number of aryl methyl sites for hydroxylation is 2. The van der Waals surface area contributed by atoms with Gasteiger partial charge in [-0.15, -0.1) is 0 Å². The first kappa shape index (κ1) is 10.7. The fourth-order valence-corrected chi connectivity index (χ4v) is 1.64. The number of benzene rings is 1. The lowest BCUT2D eigenvalue weighted by Gasteiger charge is -2.07. The quantitative estimate of drug-likeness (QED) is 0.780. The molecule has 0 spiro atoms. The minimum Gasteiger partial charge on any atom is -0.489 e. The van der Waals surface area contributed by atoms with Crippen molar-refractivity contribution in [1.82, 2.24) is 4.98 Å². The number of hydrogen-bond acceptors (Lipinski definition) is 2. The molecule has 0 saturated heterocycles. The molecule has 2 aromatic rings. The van der Waals surface area contributed by atoms with Crippen molar-refractivity contribution in [2.75, 3.05) is 0 Å². The third-order valence-corrected chi connectivity index (χ3v) is 2.23. The third-order valence-electron chi connectivity index (χ3n) is 2.23. The Hall–Kier alpha value is -1.83. The number of nitrogens with zero attached hydrogens (tertiary/aromatic N) is 1. The highest BCUT2D eigenvalue weighted by Gasteiger charge is 1.98. The molecule has 1 radical (unpaired) electrons. The summed E-state index contributed by atoms with van der Waals surface area (Å²) in [7, 11) is 0. The van der Waals surface area contributed by atoms with Gasteiger partial charge in [0.05, 0.1) is 0 Å². The molecule has 0 N–H and O–H groups in total. The molecule has 0 unspecified atom stereocenters. The SMILES string of the molecule is Cc1cc(COc2cc[c]cc2)cc(C)n1. The Morgan fingerprint density at radius 1 is 1.12 bits per heavy atom. The molecule has 1 heterocycles. The monoisotopic (exact) mass is 212 g/mol. The molecule has 0 amide bonds. The van der Waals surface area contributed by atoms with Crippen molar-refractivity contribution in [2.45, 2.75) is 20.5 Å². The zero-order chi connectivity index (χ0) is 11.4. The summed E-state index contributed by atoms with van der Waals surface area (Å²) in [4.78, 5) is 4.33. The molecule has 2 nitrogen and oxygen atoms in total. The smallest absolute Gasteiger partial charge is 0.119 e. The molecule has 81 valence electrons. The van der Waals surface area contributed by atoms with Crippen molar-refractivity contribution in [2.24, 2.45) is 0 Å². The van der Waals surface area contributed by atoms with Gasteiger partial charge in [0.1, 0.15) is 12.4 Å². The van der Waals surface area contributed by atoms with E-state index in [1.165, 1.54) is 0 Å². The van der Waals surface area contributed by atoms with Crippen molar-refractivity contribution in [3.8, 4) is 5.75 Å². The van der Waals surface area contributed by atoms with E-state index in [0.717, 1.165) is 22.7 Å². The Morgan fingerprint density at radius 2 is 1.75 bits per heavy atom. The Kier molecular flexibility index (Phi) is 3.20. The first-order chi connectivity index (χ1) is 7.74. The Bertz CT molecular complexity index is 445. The average Bonchev–Trinajstić information content (AvgIpc) is 2.27. The van der Waals surface area contributed by atoms with Gasteiger partial charge in [-0.25, -0.2) is 0 Å². The van der Waals surface area contributed by atoms with Crippen LogP contribution in [0.25, 0.3) is 0 Å². The molecule has 1 aromatic heterocycles. The van der Waals surface area contributed by atoms with E-state index < -0.39 is 0 Å². The molecule has 1 aromatic carbocycles. The number of pyridine rings is 1. The van der Waals surface area contributed by atoms with E-state index in [1.807, 2.05) is 50.2 Å². The van der Waals surface area contributed by atoms with E-state index in [4.69, 9.17) is 4.74 Å². The molecule has 2 heteroatoms. The van der Waals surface area contributed by atoms with E-state index >= 15 is 0 Å². The van der Waals surface area contributed by atoms with Crippen LogP contribution in [0.5, 0.6) is 5.75 Å². The highest BCUT2D eigenvalue weighted by atomic mass is 16.5. The molecule has 0 aliphatic carbocycles. The van der Waals surface area contributed by atoms with Gasteiger partial charge in [-0.3, -0.25) is 4.98 Å². The van der Waals surface area contributed by atoms with Crippen molar-refractivity contribution >= 4 is 0 Å². The second kappa shape index (κ2) is 4.79. The number of ether oxygens (including phenoxy) is 1. The summed E-state index contributed by atoms with van der Waals surface area (Å²) in [5, 5.41) is 0. The van der Waals surface area contributed by atoms with E-state index in [0.29, 0.717) is 6.61 Å². The highest BCUT2D eigenvalue weighted by Crippen LogP contribution is 2.12. The summed E-state index contributed by atoms with van der Waals surface area (Å²) >= 11 is 0. The van der Waals surface area contributed by atoms with Gasteiger partial charge < -0.3 is 4.74 Å². The van der Waals surface area contributed by atoms with Crippen LogP contribution in [0.4, 0.5) is 0 Å². The van der Waals surface area contributed by atoms with Crippen molar-refractivity contribution < 1.29 is 4.74 Å².